The molecule has 0 spiro atoms. The van der Waals surface area contributed by atoms with E-state index in [4.69, 9.17) is 4.74 Å². The van der Waals surface area contributed by atoms with E-state index in [1.165, 1.54) is 5.56 Å². The second-order valence-corrected chi connectivity index (χ2v) is 5.00. The van der Waals surface area contributed by atoms with Gasteiger partial charge in [0.05, 0.1) is 5.56 Å². The summed E-state index contributed by atoms with van der Waals surface area (Å²) in [5.41, 5.74) is 2.44. The minimum atomic E-state index is -0.438. The summed E-state index contributed by atoms with van der Waals surface area (Å²) < 4.78 is 5.34. The molecule has 0 atom stereocenters. The highest BCUT2D eigenvalue weighted by molar-refractivity contribution is 5.91. The molecule has 2 heteroatoms. The van der Waals surface area contributed by atoms with Crippen LogP contribution >= 0.6 is 0 Å². The number of rotatable bonds is 2. The van der Waals surface area contributed by atoms with E-state index in [-0.39, 0.29) is 5.97 Å². The van der Waals surface area contributed by atoms with Crippen molar-refractivity contribution < 1.29 is 9.53 Å². The van der Waals surface area contributed by atoms with Crippen LogP contribution in [0.4, 0.5) is 0 Å². The Morgan fingerprint density at radius 2 is 1.94 bits per heavy atom. The van der Waals surface area contributed by atoms with Gasteiger partial charge < -0.3 is 4.74 Å². The van der Waals surface area contributed by atoms with Gasteiger partial charge in [0.15, 0.2) is 0 Å². The second-order valence-electron chi connectivity index (χ2n) is 5.00. The molecule has 0 fully saturated rings. The summed E-state index contributed by atoms with van der Waals surface area (Å²) >= 11 is 0. The van der Waals surface area contributed by atoms with E-state index in [1.807, 2.05) is 45.9 Å². The Morgan fingerprint density at radius 3 is 2.38 bits per heavy atom. The van der Waals surface area contributed by atoms with Gasteiger partial charge in [-0.15, -0.1) is 0 Å². The van der Waals surface area contributed by atoms with E-state index in [1.54, 1.807) is 0 Å². The smallest absolute Gasteiger partial charge is 0.338 e. The lowest BCUT2D eigenvalue weighted by Gasteiger charge is -2.20. The highest BCUT2D eigenvalue weighted by atomic mass is 16.6. The van der Waals surface area contributed by atoms with Crippen molar-refractivity contribution in [1.82, 2.24) is 0 Å². The van der Waals surface area contributed by atoms with Gasteiger partial charge in [0.1, 0.15) is 5.60 Å². The molecule has 88 valence electrons. The predicted octanol–water partition coefficient (Wildman–Crippen LogP) is 3.51. The van der Waals surface area contributed by atoms with Crippen LogP contribution in [0, 0.1) is 6.92 Å². The first-order chi connectivity index (χ1) is 7.33. The highest BCUT2D eigenvalue weighted by Gasteiger charge is 2.19. The minimum Gasteiger partial charge on any atom is -0.456 e. The maximum absolute atomic E-state index is 11.9. The number of carbonyl (C=O) groups excluding carboxylic acids is 1. The maximum atomic E-state index is 11.9. The van der Waals surface area contributed by atoms with Gasteiger partial charge in [-0.2, -0.15) is 0 Å². The van der Waals surface area contributed by atoms with E-state index >= 15 is 0 Å². The molecule has 0 unspecified atom stereocenters. The maximum Gasteiger partial charge on any atom is 0.338 e. The molecule has 0 saturated carbocycles. The summed E-state index contributed by atoms with van der Waals surface area (Å²) in [5.74, 6) is -0.243. The molecule has 0 aliphatic carbocycles. The van der Waals surface area contributed by atoms with Crippen molar-refractivity contribution in [3.8, 4) is 0 Å². The second kappa shape index (κ2) is 4.69. The van der Waals surface area contributed by atoms with Crippen LogP contribution in [0.5, 0.6) is 0 Å². The summed E-state index contributed by atoms with van der Waals surface area (Å²) in [7, 11) is 0. The average Bonchev–Trinajstić information content (AvgIpc) is 2.14. The molecule has 1 aromatic carbocycles. The zero-order valence-corrected chi connectivity index (χ0v) is 10.8. The van der Waals surface area contributed by atoms with Crippen molar-refractivity contribution in [3.05, 3.63) is 34.9 Å². The molecule has 0 amide bonds. The van der Waals surface area contributed by atoms with E-state index in [0.717, 1.165) is 12.0 Å². The molecule has 0 radical (unpaired) electrons. The molecule has 0 aliphatic heterocycles. The fraction of sp³-hybridized carbons (Fsp3) is 0.500. The monoisotopic (exact) mass is 220 g/mol. The largest absolute Gasteiger partial charge is 0.456 e. The van der Waals surface area contributed by atoms with Gasteiger partial charge in [-0.3, -0.25) is 0 Å². The fourth-order valence-electron chi connectivity index (χ4n) is 1.51. The molecule has 0 N–H and O–H groups in total. The van der Waals surface area contributed by atoms with E-state index < -0.39 is 5.60 Å². The molecule has 0 aromatic heterocycles. The first-order valence-electron chi connectivity index (χ1n) is 5.66. The van der Waals surface area contributed by atoms with Crippen LogP contribution in [-0.4, -0.2) is 11.6 Å². The van der Waals surface area contributed by atoms with Crippen LogP contribution < -0.4 is 0 Å². The van der Waals surface area contributed by atoms with Gasteiger partial charge in [-0.25, -0.2) is 4.79 Å². The number of hydrogen-bond acceptors (Lipinski definition) is 2. The van der Waals surface area contributed by atoms with Crippen molar-refractivity contribution in [1.29, 1.82) is 0 Å². The highest BCUT2D eigenvalue weighted by Crippen LogP contribution is 2.16. The van der Waals surface area contributed by atoms with Gasteiger partial charge in [0, 0.05) is 0 Å². The SMILES string of the molecule is CCc1ccc(C(=O)OC(C)(C)C)c(C)c1. The van der Waals surface area contributed by atoms with Crippen LogP contribution in [0.1, 0.15) is 49.2 Å². The van der Waals surface area contributed by atoms with Crippen LogP contribution in [0.25, 0.3) is 0 Å². The molecule has 0 saturated heterocycles. The van der Waals surface area contributed by atoms with Crippen molar-refractivity contribution in [2.75, 3.05) is 0 Å². The Labute approximate surface area is 97.6 Å². The van der Waals surface area contributed by atoms with Crippen LogP contribution in [-0.2, 0) is 11.2 Å². The molecule has 0 bridgehead atoms. The Hall–Kier alpha value is -1.31. The lowest BCUT2D eigenvalue weighted by Crippen LogP contribution is -2.24. The molecular formula is C14H20O2. The third-order valence-corrected chi connectivity index (χ3v) is 2.32. The normalized spacial score (nSPS) is 11.3. The molecular weight excluding hydrogens is 200 g/mol. The molecule has 0 heterocycles. The Balaban J connectivity index is 2.93. The fourth-order valence-corrected chi connectivity index (χ4v) is 1.51. The third kappa shape index (κ3) is 3.37. The van der Waals surface area contributed by atoms with Crippen molar-refractivity contribution in [3.63, 3.8) is 0 Å². The summed E-state index contributed by atoms with van der Waals surface area (Å²) in [4.78, 5) is 11.9. The van der Waals surface area contributed by atoms with Crippen LogP contribution in [0.15, 0.2) is 18.2 Å². The Kier molecular flexibility index (Phi) is 3.74. The van der Waals surface area contributed by atoms with E-state index in [2.05, 4.69) is 6.92 Å². The van der Waals surface area contributed by atoms with Crippen LogP contribution in [0.2, 0.25) is 0 Å². The van der Waals surface area contributed by atoms with Gasteiger partial charge in [-0.1, -0.05) is 19.1 Å². The molecule has 0 aliphatic rings. The zero-order valence-electron chi connectivity index (χ0n) is 10.8. The molecule has 2 nitrogen and oxygen atoms in total. The van der Waals surface area contributed by atoms with Gasteiger partial charge in [0.2, 0.25) is 0 Å². The van der Waals surface area contributed by atoms with Crippen molar-refractivity contribution >= 4 is 5.97 Å². The topological polar surface area (TPSA) is 26.3 Å². The number of aryl methyl sites for hydroxylation is 2. The average molecular weight is 220 g/mol. The number of carbonyl (C=O) groups is 1. The van der Waals surface area contributed by atoms with Gasteiger partial charge in [0.25, 0.3) is 0 Å². The van der Waals surface area contributed by atoms with Crippen molar-refractivity contribution in [2.45, 2.75) is 46.6 Å². The quantitative estimate of drug-likeness (QED) is 0.713. The number of ether oxygens (including phenoxy) is 1. The lowest BCUT2D eigenvalue weighted by atomic mass is 10.0. The summed E-state index contributed by atoms with van der Waals surface area (Å²) in [6.07, 6.45) is 0.982. The molecule has 16 heavy (non-hydrogen) atoms. The Bertz CT molecular complexity index is 386. The lowest BCUT2D eigenvalue weighted by molar-refractivity contribution is 0.00688. The summed E-state index contributed by atoms with van der Waals surface area (Å²) in [6.45, 7) is 9.67. The Morgan fingerprint density at radius 1 is 1.31 bits per heavy atom. The minimum absolute atomic E-state index is 0.243. The first kappa shape index (κ1) is 12.8. The third-order valence-electron chi connectivity index (χ3n) is 2.32. The summed E-state index contributed by atoms with van der Waals surface area (Å²) in [5, 5.41) is 0. The van der Waals surface area contributed by atoms with Gasteiger partial charge in [-0.05, 0) is 51.3 Å². The number of esters is 1. The van der Waals surface area contributed by atoms with Gasteiger partial charge >= 0.3 is 5.97 Å². The number of benzene rings is 1. The summed E-state index contributed by atoms with van der Waals surface area (Å²) in [6, 6.07) is 5.87. The van der Waals surface area contributed by atoms with Crippen molar-refractivity contribution in [2.24, 2.45) is 0 Å². The van der Waals surface area contributed by atoms with E-state index in [0.29, 0.717) is 5.56 Å². The molecule has 1 aromatic rings. The number of hydrogen-bond donors (Lipinski definition) is 0. The predicted molar refractivity (Wildman–Crippen MR) is 65.7 cm³/mol. The standard InChI is InChI=1S/C14H20O2/c1-6-11-7-8-12(10(2)9-11)13(15)16-14(3,4)5/h7-9H,6H2,1-5H3. The van der Waals surface area contributed by atoms with E-state index in [9.17, 15) is 4.79 Å². The first-order valence-corrected chi connectivity index (χ1v) is 5.66. The van der Waals surface area contributed by atoms with Crippen LogP contribution in [0.3, 0.4) is 0 Å². The zero-order chi connectivity index (χ0) is 12.3. The molecule has 1 rings (SSSR count).